The maximum absolute atomic E-state index is 5.48. The Morgan fingerprint density at radius 3 is 2.82 bits per heavy atom. The van der Waals surface area contributed by atoms with Crippen molar-refractivity contribution in [2.24, 2.45) is 10.8 Å². The lowest BCUT2D eigenvalue weighted by Crippen LogP contribution is -2.45. The van der Waals surface area contributed by atoms with E-state index in [1.165, 1.54) is 35.4 Å². The van der Waals surface area contributed by atoms with Gasteiger partial charge in [-0.25, -0.2) is 10.8 Å². The van der Waals surface area contributed by atoms with Crippen LogP contribution in [-0.4, -0.2) is 12.0 Å². The highest BCUT2D eigenvalue weighted by Crippen LogP contribution is 2.18. The third kappa shape index (κ3) is 3.71. The summed E-state index contributed by atoms with van der Waals surface area (Å²) in [6.07, 6.45) is 5.05. The molecule has 0 spiro atoms. The van der Waals surface area contributed by atoms with Gasteiger partial charge in [-0.15, -0.1) is 11.3 Å². The predicted molar refractivity (Wildman–Crippen MR) is 72.9 cm³/mol. The van der Waals surface area contributed by atoms with Gasteiger partial charge in [-0.2, -0.15) is 0 Å². The average Bonchev–Trinajstić information content (AvgIpc) is 2.96. The molecule has 0 atom stereocenters. The summed E-state index contributed by atoms with van der Waals surface area (Å²) in [6, 6.07) is 4.78. The van der Waals surface area contributed by atoms with Crippen LogP contribution in [0.5, 0.6) is 0 Å². The van der Waals surface area contributed by atoms with Crippen molar-refractivity contribution in [3.05, 3.63) is 21.9 Å². The summed E-state index contributed by atoms with van der Waals surface area (Å²) in [4.78, 5) is 7.06. The van der Waals surface area contributed by atoms with Gasteiger partial charge >= 0.3 is 0 Å². The zero-order valence-electron chi connectivity index (χ0n) is 10.2. The number of nitrogens with one attached hydrogen (secondary N) is 2. The standard InChI is InChI=1S/C12H20N4S/c1-9-6-7-11(17-9)8-14-12(16-13)15-10-4-2-3-5-10/h6-7,10H,2-5,8,13H2,1H3,(H2,14,15,16). The summed E-state index contributed by atoms with van der Waals surface area (Å²) in [6.45, 7) is 2.80. The first-order chi connectivity index (χ1) is 8.28. The second-order valence-corrected chi connectivity index (χ2v) is 5.82. The molecule has 0 bridgehead atoms. The van der Waals surface area contributed by atoms with Crippen LogP contribution in [0.15, 0.2) is 17.1 Å². The number of hydrogen-bond acceptors (Lipinski definition) is 3. The number of thiophene rings is 1. The summed E-state index contributed by atoms with van der Waals surface area (Å²) >= 11 is 1.78. The molecule has 1 saturated carbocycles. The van der Waals surface area contributed by atoms with Crippen LogP contribution in [-0.2, 0) is 6.54 Å². The monoisotopic (exact) mass is 252 g/mol. The molecule has 4 nitrogen and oxygen atoms in total. The van der Waals surface area contributed by atoms with Gasteiger partial charge < -0.3 is 5.32 Å². The molecule has 1 aliphatic carbocycles. The maximum atomic E-state index is 5.48. The van der Waals surface area contributed by atoms with Crippen LogP contribution in [0.1, 0.15) is 35.4 Å². The Labute approximate surface area is 106 Å². The third-order valence-electron chi connectivity index (χ3n) is 3.02. The van der Waals surface area contributed by atoms with Gasteiger partial charge in [0.05, 0.1) is 6.54 Å². The number of rotatable bonds is 3. The summed E-state index contributed by atoms with van der Waals surface area (Å²) < 4.78 is 0. The highest BCUT2D eigenvalue weighted by Gasteiger charge is 2.15. The summed E-state index contributed by atoms with van der Waals surface area (Å²) in [7, 11) is 0. The molecular formula is C12H20N4S. The minimum atomic E-state index is 0.537. The second-order valence-electron chi connectivity index (χ2n) is 4.45. The minimum absolute atomic E-state index is 0.537. The van der Waals surface area contributed by atoms with Crippen LogP contribution >= 0.6 is 11.3 Å². The fourth-order valence-electron chi connectivity index (χ4n) is 2.12. The molecule has 1 heterocycles. The molecule has 0 amide bonds. The molecule has 5 heteroatoms. The molecule has 0 radical (unpaired) electrons. The predicted octanol–water partition coefficient (Wildman–Crippen LogP) is 1.91. The SMILES string of the molecule is Cc1ccc(CN=C(NN)NC2CCCC2)s1. The fraction of sp³-hybridized carbons (Fsp3) is 0.583. The molecule has 0 saturated heterocycles. The molecule has 0 aromatic carbocycles. The normalized spacial score (nSPS) is 17.4. The van der Waals surface area contributed by atoms with Crippen LogP contribution in [0, 0.1) is 6.92 Å². The molecule has 17 heavy (non-hydrogen) atoms. The number of hydrazine groups is 1. The highest BCUT2D eigenvalue weighted by molar-refractivity contribution is 7.11. The van der Waals surface area contributed by atoms with Gasteiger partial charge in [0.25, 0.3) is 0 Å². The van der Waals surface area contributed by atoms with E-state index in [0.717, 1.165) is 0 Å². The van der Waals surface area contributed by atoms with Crippen molar-refractivity contribution in [2.45, 2.75) is 45.2 Å². The van der Waals surface area contributed by atoms with E-state index in [1.54, 1.807) is 11.3 Å². The van der Waals surface area contributed by atoms with Gasteiger partial charge in [0.1, 0.15) is 0 Å². The van der Waals surface area contributed by atoms with Gasteiger partial charge in [0.2, 0.25) is 5.96 Å². The van der Waals surface area contributed by atoms with Crippen LogP contribution in [0.3, 0.4) is 0 Å². The van der Waals surface area contributed by atoms with E-state index < -0.39 is 0 Å². The Bertz CT molecular complexity index is 380. The Hall–Kier alpha value is -1.07. The van der Waals surface area contributed by atoms with Crippen molar-refractivity contribution in [1.82, 2.24) is 10.7 Å². The van der Waals surface area contributed by atoms with Crippen LogP contribution < -0.4 is 16.6 Å². The van der Waals surface area contributed by atoms with Gasteiger partial charge in [-0.3, -0.25) is 5.43 Å². The van der Waals surface area contributed by atoms with Crippen molar-refractivity contribution in [3.63, 3.8) is 0 Å². The Kier molecular flexibility index (Phi) is 4.39. The van der Waals surface area contributed by atoms with Crippen molar-refractivity contribution >= 4 is 17.3 Å². The van der Waals surface area contributed by atoms with Crippen molar-refractivity contribution in [3.8, 4) is 0 Å². The van der Waals surface area contributed by atoms with E-state index in [2.05, 4.69) is 34.8 Å². The largest absolute Gasteiger partial charge is 0.353 e. The molecule has 0 unspecified atom stereocenters. The molecule has 4 N–H and O–H groups in total. The number of nitrogens with zero attached hydrogens (tertiary/aromatic N) is 1. The molecule has 0 aliphatic heterocycles. The van der Waals surface area contributed by atoms with Gasteiger partial charge in [0.15, 0.2) is 0 Å². The molecule has 94 valence electrons. The zero-order valence-corrected chi connectivity index (χ0v) is 11.0. The second kappa shape index (κ2) is 6.02. The zero-order chi connectivity index (χ0) is 12.1. The average molecular weight is 252 g/mol. The molecule has 2 rings (SSSR count). The first kappa shape index (κ1) is 12.4. The van der Waals surface area contributed by atoms with Crippen molar-refractivity contribution in [1.29, 1.82) is 0 Å². The number of guanidine groups is 1. The Morgan fingerprint density at radius 1 is 1.47 bits per heavy atom. The quantitative estimate of drug-likeness (QED) is 0.333. The minimum Gasteiger partial charge on any atom is -0.353 e. The fourth-order valence-corrected chi connectivity index (χ4v) is 2.94. The van der Waals surface area contributed by atoms with Gasteiger partial charge in [0, 0.05) is 15.8 Å². The summed E-state index contributed by atoms with van der Waals surface area (Å²) in [5.41, 5.74) is 2.65. The maximum Gasteiger partial charge on any atom is 0.206 e. The van der Waals surface area contributed by atoms with E-state index in [9.17, 15) is 0 Å². The number of aryl methyl sites for hydroxylation is 1. The van der Waals surface area contributed by atoms with Crippen LogP contribution in [0.2, 0.25) is 0 Å². The smallest absolute Gasteiger partial charge is 0.206 e. The molecule has 1 aliphatic rings. The Morgan fingerprint density at radius 2 is 2.24 bits per heavy atom. The van der Waals surface area contributed by atoms with Crippen LogP contribution in [0.4, 0.5) is 0 Å². The first-order valence-electron chi connectivity index (χ1n) is 6.11. The van der Waals surface area contributed by atoms with Crippen LogP contribution in [0.25, 0.3) is 0 Å². The molecule has 1 aromatic heterocycles. The van der Waals surface area contributed by atoms with E-state index in [0.29, 0.717) is 18.5 Å². The molecular weight excluding hydrogens is 232 g/mol. The lowest BCUT2D eigenvalue weighted by molar-refractivity contribution is 0.614. The van der Waals surface area contributed by atoms with E-state index in [1.807, 2.05) is 0 Å². The lowest BCUT2D eigenvalue weighted by Gasteiger charge is -2.14. The molecule has 1 aromatic rings. The van der Waals surface area contributed by atoms with Gasteiger partial charge in [-0.05, 0) is 31.9 Å². The number of hydrogen-bond donors (Lipinski definition) is 3. The lowest BCUT2D eigenvalue weighted by atomic mass is 10.2. The van der Waals surface area contributed by atoms with E-state index >= 15 is 0 Å². The summed E-state index contributed by atoms with van der Waals surface area (Å²) in [5.74, 6) is 6.19. The molecule has 1 fully saturated rings. The first-order valence-corrected chi connectivity index (χ1v) is 6.92. The Balaban J connectivity index is 1.88. The van der Waals surface area contributed by atoms with E-state index in [-0.39, 0.29) is 0 Å². The topological polar surface area (TPSA) is 62.4 Å². The summed E-state index contributed by atoms with van der Waals surface area (Å²) in [5, 5.41) is 3.36. The van der Waals surface area contributed by atoms with Crippen molar-refractivity contribution < 1.29 is 0 Å². The highest BCUT2D eigenvalue weighted by atomic mass is 32.1. The van der Waals surface area contributed by atoms with Crippen molar-refractivity contribution in [2.75, 3.05) is 0 Å². The van der Waals surface area contributed by atoms with E-state index in [4.69, 9.17) is 5.84 Å². The number of aliphatic imine (C=N–C) groups is 1. The third-order valence-corrected chi connectivity index (χ3v) is 4.01. The van der Waals surface area contributed by atoms with Gasteiger partial charge in [-0.1, -0.05) is 12.8 Å². The number of nitrogens with two attached hydrogens (primary N) is 1.